The van der Waals surface area contributed by atoms with Crippen LogP contribution in [0.4, 0.5) is 0 Å². The normalized spacial score (nSPS) is 10.3. The van der Waals surface area contributed by atoms with Crippen LogP contribution in [0.5, 0.6) is 0 Å². The highest BCUT2D eigenvalue weighted by Gasteiger charge is 2.04. The van der Waals surface area contributed by atoms with Crippen LogP contribution in [0, 0.1) is 10.7 Å². The molecule has 0 aliphatic carbocycles. The molecule has 1 rings (SSSR count). The van der Waals surface area contributed by atoms with Crippen molar-refractivity contribution in [3.8, 4) is 5.40 Å². The minimum Gasteiger partial charge on any atom is -0.353 e. The number of benzene rings is 1. The van der Waals surface area contributed by atoms with Crippen molar-refractivity contribution >= 4 is 23.6 Å². The number of hydrogen-bond acceptors (Lipinski definition) is 4. The second-order valence-corrected chi connectivity index (χ2v) is 6.04. The monoisotopic (exact) mass is 345 g/mol. The van der Waals surface area contributed by atoms with Crippen LogP contribution in [0.1, 0.15) is 43.0 Å². The van der Waals surface area contributed by atoms with Gasteiger partial charge in [-0.1, -0.05) is 18.9 Å². The van der Waals surface area contributed by atoms with Gasteiger partial charge in [0.1, 0.15) is 5.40 Å². The molecule has 0 bridgehead atoms. The summed E-state index contributed by atoms with van der Waals surface area (Å²) in [5, 5.41) is 16.3. The van der Waals surface area contributed by atoms with Gasteiger partial charge in [0, 0.05) is 23.5 Å². The van der Waals surface area contributed by atoms with Gasteiger partial charge in [-0.15, -0.1) is 0 Å². The molecule has 1 aromatic carbocycles. The standard InChI is InChI=1S/C18H23N3O2S/c1-2-7-17(22)20-12-5-3-4-6-13-21-18(23)15-8-10-16(11-9-15)24-14-19/h2,7-11H,3-6,12-13H2,1H3,(H,20,22)(H,21,23)/b7-2+. The van der Waals surface area contributed by atoms with Gasteiger partial charge in [0.05, 0.1) is 0 Å². The predicted octanol–water partition coefficient (Wildman–Crippen LogP) is 3.24. The van der Waals surface area contributed by atoms with Crippen molar-refractivity contribution in [3.63, 3.8) is 0 Å². The molecule has 0 heterocycles. The number of carbonyl (C=O) groups is 2. The Morgan fingerprint density at radius 1 is 1.08 bits per heavy atom. The lowest BCUT2D eigenvalue weighted by atomic mass is 10.2. The minimum absolute atomic E-state index is 0.0519. The number of thioether (sulfide) groups is 1. The maximum absolute atomic E-state index is 11.9. The summed E-state index contributed by atoms with van der Waals surface area (Å²) in [5.41, 5.74) is 0.601. The first-order valence-corrected chi connectivity index (χ1v) is 8.83. The van der Waals surface area contributed by atoms with Gasteiger partial charge in [0.2, 0.25) is 5.91 Å². The second kappa shape index (κ2) is 12.2. The molecule has 5 nitrogen and oxygen atoms in total. The van der Waals surface area contributed by atoms with Crippen LogP contribution >= 0.6 is 11.8 Å². The highest BCUT2D eigenvalue weighted by atomic mass is 32.2. The van der Waals surface area contributed by atoms with Crippen LogP contribution in [0.15, 0.2) is 41.3 Å². The summed E-state index contributed by atoms with van der Waals surface area (Å²) < 4.78 is 0. The zero-order valence-corrected chi connectivity index (χ0v) is 14.7. The van der Waals surface area contributed by atoms with E-state index in [1.807, 2.05) is 12.3 Å². The first-order valence-electron chi connectivity index (χ1n) is 8.02. The molecular weight excluding hydrogens is 322 g/mol. The topological polar surface area (TPSA) is 82.0 Å². The molecule has 2 amide bonds. The molecule has 1 aromatic rings. The number of hydrogen-bond donors (Lipinski definition) is 2. The van der Waals surface area contributed by atoms with Gasteiger partial charge in [-0.3, -0.25) is 9.59 Å². The number of amides is 2. The summed E-state index contributed by atoms with van der Waals surface area (Å²) in [7, 11) is 0. The molecule has 0 spiro atoms. The largest absolute Gasteiger partial charge is 0.353 e. The van der Waals surface area contributed by atoms with Crippen molar-refractivity contribution in [2.75, 3.05) is 13.1 Å². The van der Waals surface area contributed by atoms with Gasteiger partial charge in [0.25, 0.3) is 5.91 Å². The summed E-state index contributed by atoms with van der Waals surface area (Å²) in [5.74, 6) is -0.147. The van der Waals surface area contributed by atoms with E-state index >= 15 is 0 Å². The fraction of sp³-hybridized carbons (Fsp3) is 0.389. The number of nitriles is 1. The van der Waals surface area contributed by atoms with E-state index in [-0.39, 0.29) is 11.8 Å². The maximum atomic E-state index is 11.9. The lowest BCUT2D eigenvalue weighted by Gasteiger charge is -2.06. The molecule has 0 saturated heterocycles. The number of carbonyl (C=O) groups excluding carboxylic acids is 2. The summed E-state index contributed by atoms with van der Waals surface area (Å²) in [6, 6.07) is 6.99. The van der Waals surface area contributed by atoms with Crippen molar-refractivity contribution in [2.45, 2.75) is 37.5 Å². The van der Waals surface area contributed by atoms with E-state index in [1.54, 1.807) is 30.3 Å². The molecule has 2 N–H and O–H groups in total. The van der Waals surface area contributed by atoms with E-state index in [0.29, 0.717) is 18.7 Å². The SMILES string of the molecule is C/C=C/C(=O)NCCCCCCNC(=O)c1ccc(SC#N)cc1. The number of nitrogens with zero attached hydrogens (tertiary/aromatic N) is 1. The predicted molar refractivity (Wildman–Crippen MR) is 96.5 cm³/mol. The third-order valence-corrected chi connectivity index (χ3v) is 3.89. The Morgan fingerprint density at radius 3 is 2.29 bits per heavy atom. The minimum atomic E-state index is -0.0953. The molecule has 0 saturated carbocycles. The van der Waals surface area contributed by atoms with Gasteiger partial charge in [-0.2, -0.15) is 5.26 Å². The fourth-order valence-electron chi connectivity index (χ4n) is 2.06. The third-order valence-electron chi connectivity index (χ3n) is 3.29. The Labute approximate surface area is 147 Å². The van der Waals surface area contributed by atoms with Crippen LogP contribution in [0.3, 0.4) is 0 Å². The van der Waals surface area contributed by atoms with E-state index in [0.717, 1.165) is 42.3 Å². The lowest BCUT2D eigenvalue weighted by Crippen LogP contribution is -2.24. The van der Waals surface area contributed by atoms with Gasteiger partial charge < -0.3 is 10.6 Å². The van der Waals surface area contributed by atoms with Gasteiger partial charge in [0.15, 0.2) is 0 Å². The summed E-state index contributed by atoms with van der Waals surface area (Å²) in [6.45, 7) is 3.13. The first kappa shape index (κ1) is 19.8. The van der Waals surface area contributed by atoms with Crippen molar-refractivity contribution in [2.24, 2.45) is 0 Å². The lowest BCUT2D eigenvalue weighted by molar-refractivity contribution is -0.116. The highest BCUT2D eigenvalue weighted by Crippen LogP contribution is 2.16. The van der Waals surface area contributed by atoms with Crippen LogP contribution in [0.2, 0.25) is 0 Å². The molecule has 24 heavy (non-hydrogen) atoms. The zero-order chi connectivity index (χ0) is 17.6. The van der Waals surface area contributed by atoms with E-state index in [9.17, 15) is 9.59 Å². The zero-order valence-electron chi connectivity index (χ0n) is 13.9. The molecule has 0 radical (unpaired) electrons. The van der Waals surface area contributed by atoms with Gasteiger partial charge in [-0.05, 0) is 61.9 Å². The summed E-state index contributed by atoms with van der Waals surface area (Å²) >= 11 is 1.07. The van der Waals surface area contributed by atoms with E-state index in [1.165, 1.54) is 6.08 Å². The maximum Gasteiger partial charge on any atom is 0.251 e. The Kier molecular flexibility index (Phi) is 10.1. The summed E-state index contributed by atoms with van der Waals surface area (Å²) in [4.78, 5) is 24.0. The Balaban J connectivity index is 2.09. The third kappa shape index (κ3) is 8.39. The number of allylic oxidation sites excluding steroid dienone is 1. The molecule has 0 aliphatic heterocycles. The molecular formula is C18H23N3O2S. The molecule has 6 heteroatoms. The van der Waals surface area contributed by atoms with Crippen LogP contribution in [0.25, 0.3) is 0 Å². The van der Waals surface area contributed by atoms with Crippen molar-refractivity contribution in [3.05, 3.63) is 42.0 Å². The molecule has 128 valence electrons. The quantitative estimate of drug-likeness (QED) is 0.295. The average Bonchev–Trinajstić information content (AvgIpc) is 2.58. The van der Waals surface area contributed by atoms with Crippen LogP contribution < -0.4 is 10.6 Å². The van der Waals surface area contributed by atoms with E-state index in [2.05, 4.69) is 10.6 Å². The first-order chi connectivity index (χ1) is 11.7. The van der Waals surface area contributed by atoms with Gasteiger partial charge in [-0.25, -0.2) is 0 Å². The summed E-state index contributed by atoms with van der Waals surface area (Å²) in [6.07, 6.45) is 7.12. The number of rotatable bonds is 10. The molecule has 0 aromatic heterocycles. The van der Waals surface area contributed by atoms with Crippen molar-refractivity contribution in [1.29, 1.82) is 5.26 Å². The Morgan fingerprint density at radius 2 is 1.71 bits per heavy atom. The number of unbranched alkanes of at least 4 members (excludes halogenated alkanes) is 3. The Bertz CT molecular complexity index is 591. The second-order valence-electron chi connectivity index (χ2n) is 5.18. The number of nitrogens with one attached hydrogen (secondary N) is 2. The highest BCUT2D eigenvalue weighted by molar-refractivity contribution is 8.03. The molecule has 0 atom stereocenters. The van der Waals surface area contributed by atoms with Crippen LogP contribution in [-0.4, -0.2) is 24.9 Å². The average molecular weight is 345 g/mol. The van der Waals surface area contributed by atoms with Gasteiger partial charge >= 0.3 is 0 Å². The van der Waals surface area contributed by atoms with Crippen molar-refractivity contribution < 1.29 is 9.59 Å². The fourth-order valence-corrected chi connectivity index (χ4v) is 2.43. The van der Waals surface area contributed by atoms with E-state index < -0.39 is 0 Å². The van der Waals surface area contributed by atoms with Crippen molar-refractivity contribution in [1.82, 2.24) is 10.6 Å². The molecule has 0 aliphatic rings. The molecule has 0 fully saturated rings. The molecule has 0 unspecified atom stereocenters. The van der Waals surface area contributed by atoms with E-state index in [4.69, 9.17) is 5.26 Å². The van der Waals surface area contributed by atoms with Crippen LogP contribution in [-0.2, 0) is 4.79 Å². The number of thiocyanates is 1. The Hall–Kier alpha value is -2.26. The smallest absolute Gasteiger partial charge is 0.251 e.